The highest BCUT2D eigenvalue weighted by atomic mass is 32.2. The molecule has 1 aliphatic rings. The zero-order chi connectivity index (χ0) is 12.0. The van der Waals surface area contributed by atoms with Crippen LogP contribution in [-0.4, -0.2) is 58.9 Å². The van der Waals surface area contributed by atoms with E-state index >= 15 is 0 Å². The van der Waals surface area contributed by atoms with Crippen LogP contribution in [0.3, 0.4) is 0 Å². The first-order valence-corrected chi connectivity index (χ1v) is 7.35. The van der Waals surface area contributed by atoms with Gasteiger partial charge in [-0.25, -0.2) is 8.42 Å². The van der Waals surface area contributed by atoms with Gasteiger partial charge in [-0.05, 0) is 13.0 Å². The van der Waals surface area contributed by atoms with Crippen molar-refractivity contribution < 1.29 is 17.9 Å². The summed E-state index contributed by atoms with van der Waals surface area (Å²) < 4.78 is 34.1. The molecule has 1 saturated heterocycles. The molecule has 0 aromatic heterocycles. The van der Waals surface area contributed by atoms with Crippen molar-refractivity contribution in [3.05, 3.63) is 0 Å². The van der Waals surface area contributed by atoms with Gasteiger partial charge in [0, 0.05) is 19.8 Å². The average molecular weight is 251 g/mol. The molecule has 0 amide bonds. The molecular formula is C10H21NO4S. The SMILES string of the molecule is CCNC1CCOCC1S(=O)(=O)CCOC. The number of hydrogen-bond donors (Lipinski definition) is 1. The summed E-state index contributed by atoms with van der Waals surface area (Å²) in [4.78, 5) is 0. The van der Waals surface area contributed by atoms with Crippen LogP contribution in [0.5, 0.6) is 0 Å². The van der Waals surface area contributed by atoms with Crippen LogP contribution < -0.4 is 5.32 Å². The molecule has 0 aromatic rings. The van der Waals surface area contributed by atoms with Crippen LogP contribution in [0.4, 0.5) is 0 Å². The van der Waals surface area contributed by atoms with Gasteiger partial charge in [0.15, 0.2) is 9.84 Å². The third-order valence-corrected chi connectivity index (χ3v) is 4.93. The molecule has 2 atom stereocenters. The zero-order valence-corrected chi connectivity index (χ0v) is 10.8. The Hall–Kier alpha value is -0.170. The lowest BCUT2D eigenvalue weighted by Gasteiger charge is -2.31. The van der Waals surface area contributed by atoms with Crippen LogP contribution in [0.25, 0.3) is 0 Å². The van der Waals surface area contributed by atoms with Crippen LogP contribution >= 0.6 is 0 Å². The maximum absolute atomic E-state index is 12.0. The van der Waals surface area contributed by atoms with Crippen molar-refractivity contribution in [2.24, 2.45) is 0 Å². The van der Waals surface area contributed by atoms with Crippen LogP contribution in [0.1, 0.15) is 13.3 Å². The van der Waals surface area contributed by atoms with E-state index < -0.39 is 15.1 Å². The predicted octanol–water partition coefficient (Wildman–Crippen LogP) is -0.185. The fourth-order valence-electron chi connectivity index (χ4n) is 1.91. The minimum Gasteiger partial charge on any atom is -0.384 e. The van der Waals surface area contributed by atoms with Gasteiger partial charge in [-0.1, -0.05) is 6.92 Å². The molecule has 0 aromatic carbocycles. The van der Waals surface area contributed by atoms with E-state index in [0.717, 1.165) is 13.0 Å². The average Bonchev–Trinajstić information content (AvgIpc) is 2.27. The minimum atomic E-state index is -3.13. The molecule has 1 heterocycles. The smallest absolute Gasteiger partial charge is 0.159 e. The number of methoxy groups -OCH3 is 1. The summed E-state index contributed by atoms with van der Waals surface area (Å²) in [5, 5.41) is 2.78. The fourth-order valence-corrected chi connectivity index (χ4v) is 3.65. The van der Waals surface area contributed by atoms with Gasteiger partial charge in [-0.2, -0.15) is 0 Å². The van der Waals surface area contributed by atoms with Gasteiger partial charge in [0.05, 0.1) is 19.0 Å². The maximum atomic E-state index is 12.0. The molecule has 1 fully saturated rings. The van der Waals surface area contributed by atoms with E-state index in [1.54, 1.807) is 0 Å². The van der Waals surface area contributed by atoms with Crippen molar-refractivity contribution in [3.63, 3.8) is 0 Å². The highest BCUT2D eigenvalue weighted by Crippen LogP contribution is 2.16. The number of nitrogens with one attached hydrogen (secondary N) is 1. The molecule has 0 bridgehead atoms. The van der Waals surface area contributed by atoms with Crippen molar-refractivity contribution in [1.82, 2.24) is 5.32 Å². The van der Waals surface area contributed by atoms with Gasteiger partial charge in [0.2, 0.25) is 0 Å². The van der Waals surface area contributed by atoms with E-state index in [-0.39, 0.29) is 18.4 Å². The molecule has 1 rings (SSSR count). The second-order valence-electron chi connectivity index (χ2n) is 3.93. The molecule has 0 aliphatic carbocycles. The summed E-state index contributed by atoms with van der Waals surface area (Å²) in [5.74, 6) is 0.0689. The molecule has 6 heteroatoms. The molecule has 96 valence electrons. The van der Waals surface area contributed by atoms with Crippen molar-refractivity contribution in [2.45, 2.75) is 24.6 Å². The Morgan fingerprint density at radius 1 is 1.50 bits per heavy atom. The zero-order valence-electron chi connectivity index (χ0n) is 9.94. The van der Waals surface area contributed by atoms with Crippen LogP contribution in [0, 0.1) is 0 Å². The van der Waals surface area contributed by atoms with E-state index in [2.05, 4.69) is 5.32 Å². The predicted molar refractivity (Wildman–Crippen MR) is 62.4 cm³/mol. The second-order valence-corrected chi connectivity index (χ2v) is 6.27. The Balaban J connectivity index is 2.66. The summed E-state index contributed by atoms with van der Waals surface area (Å²) in [6, 6.07) is 0.0145. The molecule has 16 heavy (non-hydrogen) atoms. The Morgan fingerprint density at radius 2 is 2.25 bits per heavy atom. The van der Waals surface area contributed by atoms with Crippen LogP contribution in [0.15, 0.2) is 0 Å². The van der Waals surface area contributed by atoms with E-state index in [1.807, 2.05) is 6.92 Å². The quantitative estimate of drug-likeness (QED) is 0.709. The summed E-state index contributed by atoms with van der Waals surface area (Å²) in [6.07, 6.45) is 0.755. The number of rotatable bonds is 6. The van der Waals surface area contributed by atoms with Crippen molar-refractivity contribution in [1.29, 1.82) is 0 Å². The van der Waals surface area contributed by atoms with Gasteiger partial charge in [-0.3, -0.25) is 0 Å². The lowest BCUT2D eigenvalue weighted by atomic mass is 10.1. The lowest BCUT2D eigenvalue weighted by Crippen LogP contribution is -2.51. The Morgan fingerprint density at radius 3 is 2.88 bits per heavy atom. The Labute approximate surface area is 97.4 Å². The van der Waals surface area contributed by atoms with Gasteiger partial charge >= 0.3 is 0 Å². The fraction of sp³-hybridized carbons (Fsp3) is 1.00. The summed E-state index contributed by atoms with van der Waals surface area (Å²) in [5.41, 5.74) is 0. The van der Waals surface area contributed by atoms with Crippen molar-refractivity contribution in [3.8, 4) is 0 Å². The van der Waals surface area contributed by atoms with Crippen LogP contribution in [-0.2, 0) is 19.3 Å². The third kappa shape index (κ3) is 3.69. The summed E-state index contributed by atoms with van der Waals surface area (Å²) >= 11 is 0. The van der Waals surface area contributed by atoms with E-state index in [9.17, 15) is 8.42 Å². The first-order valence-electron chi connectivity index (χ1n) is 5.63. The normalized spacial score (nSPS) is 26.9. The number of ether oxygens (including phenoxy) is 2. The van der Waals surface area contributed by atoms with E-state index in [4.69, 9.17) is 9.47 Å². The van der Waals surface area contributed by atoms with Gasteiger partial charge in [-0.15, -0.1) is 0 Å². The number of hydrogen-bond acceptors (Lipinski definition) is 5. The largest absolute Gasteiger partial charge is 0.384 e. The second kappa shape index (κ2) is 6.54. The molecule has 5 nitrogen and oxygen atoms in total. The highest BCUT2D eigenvalue weighted by Gasteiger charge is 2.35. The molecule has 0 spiro atoms. The molecule has 1 N–H and O–H groups in total. The molecule has 1 aliphatic heterocycles. The van der Waals surface area contributed by atoms with Gasteiger partial charge < -0.3 is 14.8 Å². The van der Waals surface area contributed by atoms with E-state index in [0.29, 0.717) is 13.2 Å². The molecule has 0 radical (unpaired) electrons. The van der Waals surface area contributed by atoms with Gasteiger partial charge in [0.1, 0.15) is 5.25 Å². The summed E-state index contributed by atoms with van der Waals surface area (Å²) in [6.45, 7) is 3.94. The maximum Gasteiger partial charge on any atom is 0.159 e. The lowest BCUT2D eigenvalue weighted by molar-refractivity contribution is 0.0810. The Bertz CT molecular complexity index is 289. The van der Waals surface area contributed by atoms with Crippen molar-refractivity contribution in [2.75, 3.05) is 39.2 Å². The topological polar surface area (TPSA) is 64.6 Å². The van der Waals surface area contributed by atoms with Gasteiger partial charge in [0.25, 0.3) is 0 Å². The summed E-state index contributed by atoms with van der Waals surface area (Å²) in [7, 11) is -1.62. The molecule has 2 unspecified atom stereocenters. The highest BCUT2D eigenvalue weighted by molar-refractivity contribution is 7.92. The number of sulfone groups is 1. The van der Waals surface area contributed by atoms with Crippen LogP contribution in [0.2, 0.25) is 0 Å². The van der Waals surface area contributed by atoms with Crippen molar-refractivity contribution >= 4 is 9.84 Å². The minimum absolute atomic E-state index is 0.0145. The first kappa shape index (κ1) is 13.9. The first-order chi connectivity index (χ1) is 7.61. The monoisotopic (exact) mass is 251 g/mol. The molecular weight excluding hydrogens is 230 g/mol. The standard InChI is InChI=1S/C10H21NO4S/c1-3-11-9-4-5-15-8-10(9)16(12,13)7-6-14-2/h9-11H,3-8H2,1-2H3. The Kier molecular flexibility index (Phi) is 5.68. The van der Waals surface area contributed by atoms with E-state index in [1.165, 1.54) is 7.11 Å². The molecule has 0 saturated carbocycles. The third-order valence-electron chi connectivity index (χ3n) is 2.80.